The summed E-state index contributed by atoms with van der Waals surface area (Å²) in [7, 11) is -4.03. The van der Waals surface area contributed by atoms with Crippen LogP contribution in [-0.4, -0.2) is 28.3 Å². The Bertz CT molecular complexity index is 1140. The second-order valence-corrected chi connectivity index (χ2v) is 8.30. The molecule has 2 aromatic carbocycles. The second kappa shape index (κ2) is 7.42. The smallest absolute Gasteiger partial charge is 0.238 e. The summed E-state index contributed by atoms with van der Waals surface area (Å²) < 4.78 is 38.8. The molecule has 0 saturated carbocycles. The number of aromatic nitrogens is 3. The zero-order chi connectivity index (χ0) is 20.6. The van der Waals surface area contributed by atoms with Crippen LogP contribution in [0.2, 0.25) is 0 Å². The third-order valence-electron chi connectivity index (χ3n) is 4.39. The Kier molecular flexibility index (Phi) is 5.33. The molecule has 28 heavy (non-hydrogen) atoms. The van der Waals surface area contributed by atoms with Gasteiger partial charge >= 0.3 is 0 Å². The van der Waals surface area contributed by atoms with Crippen LogP contribution in [0.4, 0.5) is 4.39 Å². The van der Waals surface area contributed by atoms with E-state index in [0.717, 1.165) is 22.8 Å². The van der Waals surface area contributed by atoms with Crippen LogP contribution in [0.5, 0.6) is 0 Å². The first-order chi connectivity index (χ1) is 13.1. The Hall–Kier alpha value is -2.62. The summed E-state index contributed by atoms with van der Waals surface area (Å²) in [4.78, 5) is 4.02. The molecule has 0 fully saturated rings. The number of aliphatic hydroxyl groups is 1. The number of halogens is 1. The van der Waals surface area contributed by atoms with Gasteiger partial charge in [-0.3, -0.25) is 0 Å². The monoisotopic (exact) mass is 404 g/mol. The fraction of sp³-hybridized carbons (Fsp3) is 0.263. The number of primary sulfonamides is 1. The number of rotatable bonds is 5. The van der Waals surface area contributed by atoms with Crippen molar-refractivity contribution in [1.82, 2.24) is 14.8 Å². The lowest BCUT2D eigenvalue weighted by molar-refractivity contribution is 0.189. The number of aliphatic hydroxyl groups excluding tert-OH is 1. The highest BCUT2D eigenvalue weighted by atomic mass is 32.2. The van der Waals surface area contributed by atoms with Crippen molar-refractivity contribution in [3.63, 3.8) is 0 Å². The van der Waals surface area contributed by atoms with Crippen LogP contribution in [0.25, 0.3) is 5.69 Å². The van der Waals surface area contributed by atoms with Gasteiger partial charge in [-0.05, 0) is 50.1 Å². The summed E-state index contributed by atoms with van der Waals surface area (Å²) in [5, 5.41) is 19.1. The van der Waals surface area contributed by atoms with E-state index in [1.54, 1.807) is 0 Å². The van der Waals surface area contributed by atoms with Crippen LogP contribution in [0.1, 0.15) is 41.4 Å². The Morgan fingerprint density at radius 3 is 2.54 bits per heavy atom. The molecule has 0 saturated heterocycles. The van der Waals surface area contributed by atoms with E-state index in [4.69, 9.17) is 5.14 Å². The van der Waals surface area contributed by atoms with Gasteiger partial charge in [0.05, 0.1) is 4.90 Å². The third kappa shape index (κ3) is 4.11. The number of sulfonamides is 1. The minimum absolute atomic E-state index is 0.0205. The lowest BCUT2D eigenvalue weighted by Gasteiger charge is -2.10. The second-order valence-electron chi connectivity index (χ2n) is 6.74. The lowest BCUT2D eigenvalue weighted by atomic mass is 10.0. The molecule has 1 unspecified atom stereocenters. The average molecular weight is 404 g/mol. The van der Waals surface area contributed by atoms with Crippen molar-refractivity contribution < 1.29 is 17.9 Å². The molecule has 3 N–H and O–H groups in total. The molecule has 0 aliphatic carbocycles. The van der Waals surface area contributed by atoms with Crippen molar-refractivity contribution >= 4 is 10.0 Å². The molecule has 7 nitrogen and oxygen atoms in total. The molecule has 0 spiro atoms. The topological polar surface area (TPSA) is 111 Å². The van der Waals surface area contributed by atoms with Gasteiger partial charge in [0.15, 0.2) is 5.82 Å². The molecule has 0 amide bonds. The van der Waals surface area contributed by atoms with Crippen LogP contribution >= 0.6 is 0 Å². The van der Waals surface area contributed by atoms with E-state index in [0.29, 0.717) is 12.2 Å². The highest BCUT2D eigenvalue weighted by molar-refractivity contribution is 7.89. The fourth-order valence-corrected chi connectivity index (χ4v) is 3.37. The van der Waals surface area contributed by atoms with E-state index in [1.165, 1.54) is 23.7 Å². The molecule has 1 aromatic heterocycles. The molecule has 3 rings (SSSR count). The largest absolute Gasteiger partial charge is 0.385 e. The van der Waals surface area contributed by atoms with Gasteiger partial charge < -0.3 is 5.11 Å². The number of nitrogens with zero attached hydrogens (tertiary/aromatic N) is 3. The minimum atomic E-state index is -4.03. The highest BCUT2D eigenvalue weighted by Gasteiger charge is 2.20. The predicted octanol–water partition coefficient (Wildman–Crippen LogP) is 2.31. The zero-order valence-corrected chi connectivity index (χ0v) is 16.5. The van der Waals surface area contributed by atoms with E-state index in [-0.39, 0.29) is 16.4 Å². The van der Waals surface area contributed by atoms with Gasteiger partial charge in [0, 0.05) is 6.42 Å². The molecule has 3 aromatic rings. The standard InChI is InChI=1S/C19H21FN4O3S/c1-11-4-5-12(2)14(8-11)9-18-22-19(13(3)25)23-24(18)17-7-6-15(10-16(17)20)28(21,26)27/h4-8,10,13,25H,9H2,1-3H3,(H2,21,26,27). The van der Waals surface area contributed by atoms with Gasteiger partial charge in [-0.1, -0.05) is 23.8 Å². The summed E-state index contributed by atoms with van der Waals surface area (Å²) in [5.74, 6) is -0.238. The van der Waals surface area contributed by atoms with Crippen molar-refractivity contribution in [2.24, 2.45) is 5.14 Å². The molecule has 0 radical (unpaired) electrons. The van der Waals surface area contributed by atoms with Gasteiger partial charge in [-0.15, -0.1) is 5.10 Å². The molecular weight excluding hydrogens is 383 g/mol. The Morgan fingerprint density at radius 1 is 1.21 bits per heavy atom. The number of aryl methyl sites for hydroxylation is 2. The van der Waals surface area contributed by atoms with Gasteiger partial charge in [-0.25, -0.2) is 27.6 Å². The van der Waals surface area contributed by atoms with Crippen LogP contribution in [-0.2, 0) is 16.4 Å². The molecule has 9 heteroatoms. The third-order valence-corrected chi connectivity index (χ3v) is 5.30. The zero-order valence-electron chi connectivity index (χ0n) is 15.7. The number of nitrogens with two attached hydrogens (primary N) is 1. The Labute approximate surface area is 162 Å². The normalized spacial score (nSPS) is 12.9. The van der Waals surface area contributed by atoms with Crippen molar-refractivity contribution in [3.05, 3.63) is 70.6 Å². The maximum atomic E-state index is 14.7. The molecule has 0 aliphatic rings. The Morgan fingerprint density at radius 2 is 1.93 bits per heavy atom. The van der Waals surface area contributed by atoms with Crippen LogP contribution < -0.4 is 5.14 Å². The van der Waals surface area contributed by atoms with Crippen LogP contribution in [0.3, 0.4) is 0 Å². The first-order valence-corrected chi connectivity index (χ1v) is 10.1. The quantitative estimate of drug-likeness (QED) is 0.678. The van der Waals surface area contributed by atoms with E-state index >= 15 is 0 Å². The van der Waals surface area contributed by atoms with Crippen LogP contribution in [0.15, 0.2) is 41.3 Å². The number of hydrogen-bond acceptors (Lipinski definition) is 5. The lowest BCUT2D eigenvalue weighted by Crippen LogP contribution is -2.13. The van der Waals surface area contributed by atoms with Crippen molar-refractivity contribution in [2.45, 2.75) is 38.2 Å². The van der Waals surface area contributed by atoms with Gasteiger partial charge in [0.1, 0.15) is 23.4 Å². The molecular formula is C19H21FN4O3S. The van der Waals surface area contributed by atoms with Gasteiger partial charge in [-0.2, -0.15) is 0 Å². The van der Waals surface area contributed by atoms with Crippen molar-refractivity contribution in [1.29, 1.82) is 0 Å². The molecule has 1 heterocycles. The fourth-order valence-electron chi connectivity index (χ4n) is 2.84. The average Bonchev–Trinajstić information content (AvgIpc) is 3.01. The maximum absolute atomic E-state index is 14.7. The highest BCUT2D eigenvalue weighted by Crippen LogP contribution is 2.22. The summed E-state index contributed by atoms with van der Waals surface area (Å²) in [5.41, 5.74) is 3.13. The number of hydrogen-bond donors (Lipinski definition) is 2. The molecule has 0 bridgehead atoms. The maximum Gasteiger partial charge on any atom is 0.238 e. The molecule has 0 aliphatic heterocycles. The molecule has 148 valence electrons. The van der Waals surface area contributed by atoms with Crippen molar-refractivity contribution in [2.75, 3.05) is 0 Å². The van der Waals surface area contributed by atoms with E-state index in [1.807, 2.05) is 32.0 Å². The van der Waals surface area contributed by atoms with Gasteiger partial charge in [0.2, 0.25) is 10.0 Å². The van der Waals surface area contributed by atoms with E-state index in [9.17, 15) is 17.9 Å². The Balaban J connectivity index is 2.12. The van der Waals surface area contributed by atoms with Crippen molar-refractivity contribution in [3.8, 4) is 5.69 Å². The number of benzene rings is 2. The predicted molar refractivity (Wildman–Crippen MR) is 102 cm³/mol. The van der Waals surface area contributed by atoms with Gasteiger partial charge in [0.25, 0.3) is 0 Å². The van der Waals surface area contributed by atoms with Crippen LogP contribution in [0, 0.1) is 19.7 Å². The SMILES string of the molecule is Cc1ccc(C)c(Cc2nc(C(C)O)nn2-c2ccc(S(N)(=O)=O)cc2F)c1. The molecule has 1 atom stereocenters. The van der Waals surface area contributed by atoms with E-state index < -0.39 is 21.9 Å². The first kappa shape index (κ1) is 20.1. The minimum Gasteiger partial charge on any atom is -0.385 e. The summed E-state index contributed by atoms with van der Waals surface area (Å²) >= 11 is 0. The first-order valence-electron chi connectivity index (χ1n) is 8.59. The summed E-state index contributed by atoms with van der Waals surface area (Å²) in [6.45, 7) is 5.45. The summed E-state index contributed by atoms with van der Waals surface area (Å²) in [6, 6.07) is 9.33. The van der Waals surface area contributed by atoms with E-state index in [2.05, 4.69) is 10.1 Å². The summed E-state index contributed by atoms with van der Waals surface area (Å²) in [6.07, 6.45) is -0.575.